The SMILES string of the molecule is CCCOC(=O)C1CNC2=C(CCC=C2)C1. The van der Waals surface area contributed by atoms with Crippen molar-refractivity contribution in [2.24, 2.45) is 5.92 Å². The lowest BCUT2D eigenvalue weighted by atomic mass is 9.89. The zero-order chi connectivity index (χ0) is 11.4. The molecule has 1 atom stereocenters. The molecule has 0 aromatic rings. The molecule has 88 valence electrons. The molecule has 0 aromatic heterocycles. The second kappa shape index (κ2) is 5.19. The minimum absolute atomic E-state index is 0.0109. The van der Waals surface area contributed by atoms with Crippen LogP contribution in [0.1, 0.15) is 32.6 Å². The Labute approximate surface area is 96.6 Å². The summed E-state index contributed by atoms with van der Waals surface area (Å²) in [5.74, 6) is -0.0350. The number of rotatable bonds is 3. The molecule has 2 rings (SSSR count). The fourth-order valence-corrected chi connectivity index (χ4v) is 2.20. The zero-order valence-electron chi connectivity index (χ0n) is 9.79. The van der Waals surface area contributed by atoms with Crippen LogP contribution in [0.25, 0.3) is 0 Å². The van der Waals surface area contributed by atoms with E-state index in [0.717, 1.165) is 25.7 Å². The molecule has 3 nitrogen and oxygen atoms in total. The summed E-state index contributed by atoms with van der Waals surface area (Å²) < 4.78 is 5.19. The number of carbonyl (C=O) groups excluding carboxylic acids is 1. The first-order chi connectivity index (χ1) is 7.81. The van der Waals surface area contributed by atoms with Crippen molar-refractivity contribution >= 4 is 5.97 Å². The lowest BCUT2D eigenvalue weighted by Crippen LogP contribution is -2.35. The summed E-state index contributed by atoms with van der Waals surface area (Å²) in [6.45, 7) is 3.27. The molecule has 0 aromatic carbocycles. The number of hydrogen-bond acceptors (Lipinski definition) is 3. The second-order valence-corrected chi connectivity index (χ2v) is 4.41. The predicted molar refractivity (Wildman–Crippen MR) is 62.8 cm³/mol. The fourth-order valence-electron chi connectivity index (χ4n) is 2.20. The molecule has 2 aliphatic rings. The average molecular weight is 221 g/mol. The van der Waals surface area contributed by atoms with Crippen molar-refractivity contribution in [2.75, 3.05) is 13.2 Å². The Bertz CT molecular complexity index is 331. The van der Waals surface area contributed by atoms with Crippen molar-refractivity contribution in [1.82, 2.24) is 5.32 Å². The summed E-state index contributed by atoms with van der Waals surface area (Å²) in [4.78, 5) is 11.7. The minimum atomic E-state index is -0.0459. The molecule has 3 heteroatoms. The van der Waals surface area contributed by atoms with Crippen molar-refractivity contribution in [3.63, 3.8) is 0 Å². The molecule has 0 saturated heterocycles. The molecule has 1 heterocycles. The maximum absolute atomic E-state index is 11.7. The minimum Gasteiger partial charge on any atom is -0.465 e. The van der Waals surface area contributed by atoms with E-state index in [1.54, 1.807) is 0 Å². The highest BCUT2D eigenvalue weighted by molar-refractivity contribution is 5.73. The van der Waals surface area contributed by atoms with Gasteiger partial charge in [-0.1, -0.05) is 13.0 Å². The average Bonchev–Trinajstić information content (AvgIpc) is 2.35. The van der Waals surface area contributed by atoms with Gasteiger partial charge in [0.1, 0.15) is 0 Å². The first-order valence-corrected chi connectivity index (χ1v) is 6.10. The summed E-state index contributed by atoms with van der Waals surface area (Å²) in [6.07, 6.45) is 8.25. The first kappa shape index (κ1) is 11.2. The van der Waals surface area contributed by atoms with E-state index in [4.69, 9.17) is 4.74 Å². The van der Waals surface area contributed by atoms with Gasteiger partial charge in [0.05, 0.1) is 12.5 Å². The Balaban J connectivity index is 1.94. The summed E-state index contributed by atoms with van der Waals surface area (Å²) >= 11 is 0. The van der Waals surface area contributed by atoms with Crippen LogP contribution in [-0.2, 0) is 9.53 Å². The first-order valence-electron chi connectivity index (χ1n) is 6.10. The van der Waals surface area contributed by atoms with Gasteiger partial charge in [-0.05, 0) is 37.3 Å². The smallest absolute Gasteiger partial charge is 0.311 e. The summed E-state index contributed by atoms with van der Waals surface area (Å²) in [5.41, 5.74) is 2.61. The standard InChI is InChI=1S/C13H19NO2/c1-2-7-16-13(15)11-8-10-5-3-4-6-12(10)14-9-11/h4,6,11,14H,2-3,5,7-9H2,1H3. The Morgan fingerprint density at radius 2 is 2.50 bits per heavy atom. The third-order valence-electron chi connectivity index (χ3n) is 3.09. The van der Waals surface area contributed by atoms with Crippen LogP contribution in [0.15, 0.2) is 23.4 Å². The van der Waals surface area contributed by atoms with E-state index in [0.29, 0.717) is 13.2 Å². The van der Waals surface area contributed by atoms with Gasteiger partial charge >= 0.3 is 5.97 Å². The van der Waals surface area contributed by atoms with Crippen molar-refractivity contribution < 1.29 is 9.53 Å². The van der Waals surface area contributed by atoms with Crippen LogP contribution in [0.4, 0.5) is 0 Å². The molecule has 0 saturated carbocycles. The van der Waals surface area contributed by atoms with Gasteiger partial charge < -0.3 is 10.1 Å². The second-order valence-electron chi connectivity index (χ2n) is 4.41. The van der Waals surface area contributed by atoms with E-state index in [-0.39, 0.29) is 11.9 Å². The maximum Gasteiger partial charge on any atom is 0.311 e. The number of ether oxygens (including phenoxy) is 1. The van der Waals surface area contributed by atoms with Gasteiger partial charge in [-0.15, -0.1) is 0 Å². The van der Waals surface area contributed by atoms with Gasteiger partial charge in [-0.3, -0.25) is 4.79 Å². The molecule has 0 amide bonds. The topological polar surface area (TPSA) is 38.3 Å². The summed E-state index contributed by atoms with van der Waals surface area (Å²) in [5, 5.41) is 3.32. The van der Waals surface area contributed by atoms with Crippen molar-refractivity contribution in [3.05, 3.63) is 23.4 Å². The lowest BCUT2D eigenvalue weighted by molar-refractivity contribution is -0.148. The molecular weight excluding hydrogens is 202 g/mol. The van der Waals surface area contributed by atoms with E-state index < -0.39 is 0 Å². The van der Waals surface area contributed by atoms with E-state index >= 15 is 0 Å². The molecule has 0 spiro atoms. The number of allylic oxidation sites excluding steroid dienone is 3. The molecule has 16 heavy (non-hydrogen) atoms. The number of hydrogen-bond donors (Lipinski definition) is 1. The highest BCUT2D eigenvalue weighted by atomic mass is 16.5. The molecule has 0 radical (unpaired) electrons. The molecule has 0 fully saturated rings. The largest absolute Gasteiger partial charge is 0.465 e. The Hall–Kier alpha value is -1.25. The Morgan fingerprint density at radius 1 is 1.62 bits per heavy atom. The Kier molecular flexibility index (Phi) is 3.65. The van der Waals surface area contributed by atoms with Crippen LogP contribution in [-0.4, -0.2) is 19.1 Å². The number of esters is 1. The van der Waals surface area contributed by atoms with Crippen molar-refractivity contribution in [2.45, 2.75) is 32.6 Å². The molecule has 0 bridgehead atoms. The third-order valence-corrected chi connectivity index (χ3v) is 3.09. The van der Waals surface area contributed by atoms with Crippen LogP contribution in [0.3, 0.4) is 0 Å². The Morgan fingerprint density at radius 3 is 3.31 bits per heavy atom. The van der Waals surface area contributed by atoms with Crippen LogP contribution in [0, 0.1) is 5.92 Å². The molecule has 1 N–H and O–H groups in total. The molecule has 1 aliphatic heterocycles. The lowest BCUT2D eigenvalue weighted by Gasteiger charge is -2.28. The molecular formula is C13H19NO2. The van der Waals surface area contributed by atoms with Gasteiger partial charge in [-0.25, -0.2) is 0 Å². The predicted octanol–water partition coefficient (Wildman–Crippen LogP) is 2.15. The highest BCUT2D eigenvalue weighted by Crippen LogP contribution is 2.28. The van der Waals surface area contributed by atoms with Crippen LogP contribution in [0.2, 0.25) is 0 Å². The van der Waals surface area contributed by atoms with E-state index in [9.17, 15) is 4.79 Å². The van der Waals surface area contributed by atoms with Gasteiger partial charge in [0, 0.05) is 12.2 Å². The zero-order valence-corrected chi connectivity index (χ0v) is 9.79. The van der Waals surface area contributed by atoms with Gasteiger partial charge in [0.2, 0.25) is 0 Å². The monoisotopic (exact) mass is 221 g/mol. The van der Waals surface area contributed by atoms with Crippen molar-refractivity contribution in [3.8, 4) is 0 Å². The van der Waals surface area contributed by atoms with Crippen LogP contribution in [0.5, 0.6) is 0 Å². The fraction of sp³-hybridized carbons (Fsp3) is 0.615. The molecule has 1 unspecified atom stereocenters. The van der Waals surface area contributed by atoms with Gasteiger partial charge in [0.15, 0.2) is 0 Å². The normalized spacial score (nSPS) is 23.7. The number of nitrogens with one attached hydrogen (secondary N) is 1. The highest BCUT2D eigenvalue weighted by Gasteiger charge is 2.26. The van der Waals surface area contributed by atoms with Crippen LogP contribution < -0.4 is 5.32 Å². The van der Waals surface area contributed by atoms with Crippen molar-refractivity contribution in [1.29, 1.82) is 0 Å². The maximum atomic E-state index is 11.7. The molecule has 1 aliphatic carbocycles. The van der Waals surface area contributed by atoms with E-state index in [1.807, 2.05) is 6.92 Å². The quantitative estimate of drug-likeness (QED) is 0.742. The third kappa shape index (κ3) is 2.46. The van der Waals surface area contributed by atoms with Gasteiger partial charge in [0.25, 0.3) is 0 Å². The van der Waals surface area contributed by atoms with E-state index in [2.05, 4.69) is 17.5 Å². The number of carbonyl (C=O) groups is 1. The van der Waals surface area contributed by atoms with E-state index in [1.165, 1.54) is 11.3 Å². The van der Waals surface area contributed by atoms with Gasteiger partial charge in [-0.2, -0.15) is 0 Å². The summed E-state index contributed by atoms with van der Waals surface area (Å²) in [7, 11) is 0. The van der Waals surface area contributed by atoms with Crippen LogP contribution >= 0.6 is 0 Å². The summed E-state index contributed by atoms with van der Waals surface area (Å²) in [6, 6.07) is 0.